The number of nitrogens with zero attached hydrogens (tertiary/aromatic N) is 1. The molecule has 2 aromatic heterocycles. The molecule has 0 radical (unpaired) electrons. The summed E-state index contributed by atoms with van der Waals surface area (Å²) in [7, 11) is 1.46. The Morgan fingerprint density at radius 3 is 2.67 bits per heavy atom. The first-order valence-electron chi connectivity index (χ1n) is 6.43. The van der Waals surface area contributed by atoms with Crippen molar-refractivity contribution in [2.45, 2.75) is 13.8 Å². The molecule has 21 heavy (non-hydrogen) atoms. The zero-order valence-electron chi connectivity index (χ0n) is 11.9. The van der Waals surface area contributed by atoms with Gasteiger partial charge in [0.05, 0.1) is 24.0 Å². The van der Waals surface area contributed by atoms with E-state index in [1.165, 1.54) is 13.2 Å². The second-order valence-electron chi connectivity index (χ2n) is 4.87. The summed E-state index contributed by atoms with van der Waals surface area (Å²) in [5.74, 6) is -0.0909. The number of hydrogen-bond donors (Lipinski definition) is 2. The zero-order chi connectivity index (χ0) is 15.1. The molecule has 1 aromatic carbocycles. The van der Waals surface area contributed by atoms with Crippen LogP contribution in [0.3, 0.4) is 0 Å². The van der Waals surface area contributed by atoms with Crippen LogP contribution in [0.1, 0.15) is 21.7 Å². The summed E-state index contributed by atoms with van der Waals surface area (Å²) in [6.07, 6.45) is 0.721. The van der Waals surface area contributed by atoms with E-state index in [1.807, 2.05) is 13.8 Å². The summed E-state index contributed by atoms with van der Waals surface area (Å²) >= 11 is 0. The van der Waals surface area contributed by atoms with Crippen molar-refractivity contribution < 1.29 is 13.9 Å². The van der Waals surface area contributed by atoms with Gasteiger partial charge >= 0.3 is 0 Å². The number of aryl methyl sites for hydroxylation is 2. The number of aldehydes is 1. The van der Waals surface area contributed by atoms with Crippen molar-refractivity contribution in [2.75, 3.05) is 7.11 Å². The highest BCUT2D eigenvalue weighted by molar-refractivity contribution is 6.05. The van der Waals surface area contributed by atoms with Crippen LogP contribution in [0.4, 0.5) is 4.39 Å². The first-order valence-corrected chi connectivity index (χ1v) is 6.43. The van der Waals surface area contributed by atoms with Gasteiger partial charge in [0.15, 0.2) is 12.1 Å². The van der Waals surface area contributed by atoms with E-state index in [-0.39, 0.29) is 5.52 Å². The molecule has 3 aromatic rings. The number of nitrogens with one attached hydrogen (secondary N) is 2. The van der Waals surface area contributed by atoms with Gasteiger partial charge in [-0.3, -0.25) is 9.89 Å². The number of ether oxygens (including phenoxy) is 1. The molecule has 2 N–H and O–H groups in total. The molecule has 0 saturated carbocycles. The third-order valence-electron chi connectivity index (χ3n) is 3.60. The van der Waals surface area contributed by atoms with E-state index in [4.69, 9.17) is 4.74 Å². The number of H-pyrrole nitrogens is 2. The molecule has 0 spiro atoms. The Hall–Kier alpha value is -2.63. The van der Waals surface area contributed by atoms with Crippen molar-refractivity contribution in [3.05, 3.63) is 34.9 Å². The van der Waals surface area contributed by atoms with Gasteiger partial charge in [-0.25, -0.2) is 4.39 Å². The Bertz CT molecular complexity index is 829. The lowest BCUT2D eigenvalue weighted by Crippen LogP contribution is -1.88. The molecule has 0 saturated heterocycles. The number of fused-ring (bicyclic) bond motifs is 1. The van der Waals surface area contributed by atoms with Gasteiger partial charge in [-0.1, -0.05) is 0 Å². The van der Waals surface area contributed by atoms with Crippen molar-refractivity contribution >= 4 is 17.2 Å². The highest BCUT2D eigenvalue weighted by Crippen LogP contribution is 2.35. The lowest BCUT2D eigenvalue weighted by Gasteiger charge is -2.00. The minimum atomic E-state index is -0.461. The lowest BCUT2D eigenvalue weighted by molar-refractivity contribution is 0.112. The van der Waals surface area contributed by atoms with E-state index in [0.717, 1.165) is 23.2 Å². The number of aromatic nitrogens is 3. The molecule has 2 heterocycles. The quantitative estimate of drug-likeness (QED) is 0.727. The molecular formula is C15H14FN3O2. The van der Waals surface area contributed by atoms with Crippen LogP contribution in [-0.2, 0) is 0 Å². The van der Waals surface area contributed by atoms with Crippen LogP contribution < -0.4 is 4.74 Å². The Labute approximate surface area is 120 Å². The standard InChI is InChI=1S/C15H14FN3O2/c1-7-13(8(2)19-18-7)15-11(6-20)10-4-9(21-3)5-12(16)14(10)17-15/h4-6,17H,1-3H3,(H,18,19). The number of carbonyl (C=O) groups excluding carboxylic acids is 1. The van der Waals surface area contributed by atoms with Gasteiger partial charge < -0.3 is 9.72 Å². The summed E-state index contributed by atoms with van der Waals surface area (Å²) in [6, 6.07) is 2.93. The summed E-state index contributed by atoms with van der Waals surface area (Å²) in [4.78, 5) is 14.5. The maximum Gasteiger partial charge on any atom is 0.152 e. The Kier molecular flexibility index (Phi) is 3.01. The normalized spacial score (nSPS) is 11.0. The van der Waals surface area contributed by atoms with Crippen molar-refractivity contribution in [2.24, 2.45) is 0 Å². The number of rotatable bonds is 3. The van der Waals surface area contributed by atoms with Crippen molar-refractivity contribution in [1.82, 2.24) is 15.2 Å². The first kappa shape index (κ1) is 13.4. The average molecular weight is 287 g/mol. The van der Waals surface area contributed by atoms with Gasteiger partial charge in [-0.05, 0) is 19.9 Å². The summed E-state index contributed by atoms with van der Waals surface area (Å²) in [6.45, 7) is 3.68. The Morgan fingerprint density at radius 2 is 2.10 bits per heavy atom. The fourth-order valence-electron chi connectivity index (χ4n) is 2.60. The van der Waals surface area contributed by atoms with Gasteiger partial charge in [0.2, 0.25) is 0 Å². The van der Waals surface area contributed by atoms with E-state index < -0.39 is 5.82 Å². The SMILES string of the molecule is COc1cc(F)c2[nH]c(-c3c(C)n[nH]c3C)c(C=O)c2c1. The van der Waals surface area contributed by atoms with Crippen LogP contribution in [-0.4, -0.2) is 28.6 Å². The molecule has 0 atom stereocenters. The minimum Gasteiger partial charge on any atom is -0.497 e. The molecule has 0 bridgehead atoms. The fraction of sp³-hybridized carbons (Fsp3) is 0.200. The van der Waals surface area contributed by atoms with E-state index in [2.05, 4.69) is 15.2 Å². The lowest BCUT2D eigenvalue weighted by atomic mass is 10.0. The van der Waals surface area contributed by atoms with E-state index >= 15 is 0 Å². The molecule has 5 nitrogen and oxygen atoms in total. The van der Waals surface area contributed by atoms with Gasteiger partial charge in [-0.15, -0.1) is 0 Å². The topological polar surface area (TPSA) is 70.8 Å². The minimum absolute atomic E-state index is 0.285. The summed E-state index contributed by atoms with van der Waals surface area (Å²) in [5.41, 5.74) is 3.59. The van der Waals surface area contributed by atoms with Crippen LogP contribution in [0, 0.1) is 19.7 Å². The van der Waals surface area contributed by atoms with Crippen LogP contribution >= 0.6 is 0 Å². The number of methoxy groups -OCH3 is 1. The molecular weight excluding hydrogens is 273 g/mol. The average Bonchev–Trinajstić information content (AvgIpc) is 2.98. The third-order valence-corrected chi connectivity index (χ3v) is 3.60. The third kappa shape index (κ3) is 1.91. The second kappa shape index (κ2) is 4.73. The van der Waals surface area contributed by atoms with Gasteiger partial charge in [0, 0.05) is 28.3 Å². The predicted molar refractivity (Wildman–Crippen MR) is 77.3 cm³/mol. The zero-order valence-corrected chi connectivity index (χ0v) is 11.9. The van der Waals surface area contributed by atoms with Crippen LogP contribution in [0.15, 0.2) is 12.1 Å². The smallest absolute Gasteiger partial charge is 0.152 e. The molecule has 6 heteroatoms. The molecule has 108 valence electrons. The molecule has 0 amide bonds. The van der Waals surface area contributed by atoms with E-state index in [1.54, 1.807) is 6.07 Å². The molecule has 0 fully saturated rings. The van der Waals surface area contributed by atoms with Gasteiger partial charge in [-0.2, -0.15) is 5.10 Å². The molecule has 0 aliphatic carbocycles. The summed E-state index contributed by atoms with van der Waals surface area (Å²) in [5, 5.41) is 7.48. The van der Waals surface area contributed by atoms with Crippen molar-refractivity contribution in [3.8, 4) is 17.0 Å². The maximum atomic E-state index is 14.2. The number of benzene rings is 1. The summed E-state index contributed by atoms with van der Waals surface area (Å²) < 4.78 is 19.2. The molecule has 0 unspecified atom stereocenters. The van der Waals surface area contributed by atoms with E-state index in [0.29, 0.717) is 22.4 Å². The Balaban J connectivity index is 2.40. The number of aromatic amines is 2. The molecule has 3 rings (SSSR count). The van der Waals surface area contributed by atoms with Crippen LogP contribution in [0.25, 0.3) is 22.2 Å². The second-order valence-corrected chi connectivity index (χ2v) is 4.87. The first-order chi connectivity index (χ1) is 10.1. The van der Waals surface area contributed by atoms with Crippen LogP contribution in [0.2, 0.25) is 0 Å². The number of carbonyl (C=O) groups is 1. The number of halogens is 1. The predicted octanol–water partition coefficient (Wildman–Crippen LogP) is 3.14. The molecule has 0 aliphatic rings. The number of hydrogen-bond acceptors (Lipinski definition) is 3. The maximum absolute atomic E-state index is 14.2. The van der Waals surface area contributed by atoms with Crippen molar-refractivity contribution in [3.63, 3.8) is 0 Å². The monoisotopic (exact) mass is 287 g/mol. The van der Waals surface area contributed by atoms with Crippen LogP contribution in [0.5, 0.6) is 5.75 Å². The largest absolute Gasteiger partial charge is 0.497 e. The fourth-order valence-corrected chi connectivity index (χ4v) is 2.60. The van der Waals surface area contributed by atoms with Crippen molar-refractivity contribution in [1.29, 1.82) is 0 Å². The van der Waals surface area contributed by atoms with Gasteiger partial charge in [0.1, 0.15) is 5.75 Å². The highest BCUT2D eigenvalue weighted by atomic mass is 19.1. The highest BCUT2D eigenvalue weighted by Gasteiger charge is 2.20. The van der Waals surface area contributed by atoms with Gasteiger partial charge in [0.25, 0.3) is 0 Å². The molecule has 0 aliphatic heterocycles. The van der Waals surface area contributed by atoms with E-state index in [9.17, 15) is 9.18 Å². The Morgan fingerprint density at radius 1 is 1.33 bits per heavy atom.